The molecule has 0 fully saturated rings. The van der Waals surface area contributed by atoms with Gasteiger partial charge in [-0.05, 0) is 86.8 Å². The number of hydrogen-bond donors (Lipinski definition) is 3. The summed E-state index contributed by atoms with van der Waals surface area (Å²) in [7, 11) is 1.54. The third-order valence-electron chi connectivity index (χ3n) is 6.96. The van der Waals surface area contributed by atoms with Crippen LogP contribution in [0.15, 0.2) is 77.8 Å². The van der Waals surface area contributed by atoms with Gasteiger partial charge >= 0.3 is 5.97 Å². The van der Waals surface area contributed by atoms with Gasteiger partial charge in [0, 0.05) is 31.6 Å². The lowest BCUT2D eigenvalue weighted by atomic mass is 9.83. The molecule has 2 atom stereocenters. The standard InChI is InChI=1S/C34H40FN3O7/c1-33(2,3)45-29(40)17-18-34(32(41)38-36-22-23-9-13-26(35)14-10-23)30(25-7-5-8-28(21-25)42-4)44-31(37-34)24-11-15-27(16-12-24)43-20-6-19-39/h5,7-16,21,30,36,39H,6,17-20,22H2,1-4H3,(H,38,41)/t30-,34-/m0/s1. The number of aliphatic imine (C=N–C) groups is 1. The lowest BCUT2D eigenvalue weighted by Crippen LogP contribution is -2.52. The number of nitrogens with zero attached hydrogens (tertiary/aromatic N) is 1. The number of ether oxygens (including phenoxy) is 4. The van der Waals surface area contributed by atoms with Crippen LogP contribution in [0.2, 0.25) is 0 Å². The van der Waals surface area contributed by atoms with E-state index in [0.29, 0.717) is 35.7 Å². The summed E-state index contributed by atoms with van der Waals surface area (Å²) in [6.45, 7) is 5.94. The average molecular weight is 622 g/mol. The zero-order chi connectivity index (χ0) is 32.5. The number of aliphatic hydroxyl groups excluding tert-OH is 1. The number of carbonyl (C=O) groups excluding carboxylic acids is 2. The molecule has 3 N–H and O–H groups in total. The Morgan fingerprint density at radius 3 is 2.44 bits per heavy atom. The number of amides is 1. The summed E-state index contributed by atoms with van der Waals surface area (Å²) in [4.78, 5) is 32.0. The highest BCUT2D eigenvalue weighted by Gasteiger charge is 2.53. The highest BCUT2D eigenvalue weighted by molar-refractivity contribution is 6.01. The second-order valence-electron chi connectivity index (χ2n) is 11.6. The first kappa shape index (κ1) is 33.4. The number of esters is 1. The predicted octanol–water partition coefficient (Wildman–Crippen LogP) is 4.80. The minimum Gasteiger partial charge on any atom is -0.497 e. The zero-order valence-corrected chi connectivity index (χ0v) is 26.0. The van der Waals surface area contributed by atoms with Crippen LogP contribution in [0.25, 0.3) is 0 Å². The fourth-order valence-corrected chi connectivity index (χ4v) is 4.80. The van der Waals surface area contributed by atoms with E-state index in [9.17, 15) is 14.0 Å². The van der Waals surface area contributed by atoms with Crippen LogP contribution in [0.1, 0.15) is 62.8 Å². The quantitative estimate of drug-likeness (QED) is 0.133. The Morgan fingerprint density at radius 2 is 1.78 bits per heavy atom. The van der Waals surface area contributed by atoms with Crippen molar-refractivity contribution in [2.75, 3.05) is 20.3 Å². The Labute approximate surface area is 262 Å². The van der Waals surface area contributed by atoms with Crippen LogP contribution in [-0.2, 0) is 25.6 Å². The summed E-state index contributed by atoms with van der Waals surface area (Å²) in [5, 5.41) is 9.03. The van der Waals surface area contributed by atoms with Gasteiger partial charge in [0.15, 0.2) is 11.6 Å². The van der Waals surface area contributed by atoms with Gasteiger partial charge in [-0.1, -0.05) is 24.3 Å². The molecule has 0 aliphatic carbocycles. The van der Waals surface area contributed by atoms with Gasteiger partial charge in [-0.15, -0.1) is 0 Å². The highest BCUT2D eigenvalue weighted by Crippen LogP contribution is 2.44. The first-order valence-electron chi connectivity index (χ1n) is 14.8. The van der Waals surface area contributed by atoms with Crippen LogP contribution >= 0.6 is 0 Å². The Balaban J connectivity index is 1.69. The summed E-state index contributed by atoms with van der Waals surface area (Å²) in [5.41, 5.74) is 5.32. The SMILES string of the molecule is COc1cccc([C@@H]2OC(c3ccc(OCCCO)cc3)=N[C@]2(CCC(=O)OC(C)(C)C)C(=O)NNCc2ccc(F)cc2)c1. The van der Waals surface area contributed by atoms with E-state index in [1.54, 1.807) is 82.5 Å². The Morgan fingerprint density at radius 1 is 1.04 bits per heavy atom. The van der Waals surface area contributed by atoms with Crippen molar-refractivity contribution in [3.63, 3.8) is 0 Å². The van der Waals surface area contributed by atoms with Crippen LogP contribution in [-0.4, -0.2) is 54.3 Å². The topological polar surface area (TPSA) is 128 Å². The summed E-state index contributed by atoms with van der Waals surface area (Å²) in [5.74, 6) is 0.00698. The molecule has 240 valence electrons. The van der Waals surface area contributed by atoms with E-state index in [0.717, 1.165) is 5.56 Å². The highest BCUT2D eigenvalue weighted by atomic mass is 19.1. The lowest BCUT2D eigenvalue weighted by molar-refractivity contribution is -0.155. The van der Waals surface area contributed by atoms with Gasteiger partial charge < -0.3 is 24.1 Å². The molecule has 0 bridgehead atoms. The molecule has 1 aliphatic rings. The van der Waals surface area contributed by atoms with E-state index in [4.69, 9.17) is 29.0 Å². The second kappa shape index (κ2) is 15.0. The first-order valence-corrected chi connectivity index (χ1v) is 14.8. The van der Waals surface area contributed by atoms with E-state index >= 15 is 0 Å². The van der Waals surface area contributed by atoms with Crippen molar-refractivity contribution >= 4 is 17.8 Å². The molecule has 3 aromatic rings. The Bertz CT molecular complexity index is 1470. The molecule has 4 rings (SSSR count). The second-order valence-corrected chi connectivity index (χ2v) is 11.6. The lowest BCUT2D eigenvalue weighted by Gasteiger charge is -2.31. The fourth-order valence-electron chi connectivity index (χ4n) is 4.80. The van der Waals surface area contributed by atoms with Crippen LogP contribution in [0.3, 0.4) is 0 Å². The maximum Gasteiger partial charge on any atom is 0.306 e. The molecular weight excluding hydrogens is 581 g/mol. The van der Waals surface area contributed by atoms with Gasteiger partial charge in [-0.25, -0.2) is 14.8 Å². The van der Waals surface area contributed by atoms with Crippen molar-refractivity contribution in [1.82, 2.24) is 10.9 Å². The van der Waals surface area contributed by atoms with Gasteiger partial charge in [0.2, 0.25) is 5.90 Å². The smallest absolute Gasteiger partial charge is 0.306 e. The van der Waals surface area contributed by atoms with Crippen molar-refractivity contribution in [1.29, 1.82) is 0 Å². The van der Waals surface area contributed by atoms with Crippen LogP contribution in [0.5, 0.6) is 11.5 Å². The van der Waals surface area contributed by atoms with Crippen molar-refractivity contribution in [2.24, 2.45) is 4.99 Å². The molecular formula is C34H40FN3O7. The molecule has 0 radical (unpaired) electrons. The van der Waals surface area contributed by atoms with Gasteiger partial charge in [-0.3, -0.25) is 15.0 Å². The molecule has 0 saturated heterocycles. The zero-order valence-electron chi connectivity index (χ0n) is 26.0. The predicted molar refractivity (Wildman–Crippen MR) is 166 cm³/mol. The molecule has 10 nitrogen and oxygen atoms in total. The van der Waals surface area contributed by atoms with E-state index in [-0.39, 0.29) is 37.7 Å². The number of hydrogen-bond acceptors (Lipinski definition) is 9. The number of benzene rings is 3. The number of carbonyl (C=O) groups is 2. The third kappa shape index (κ3) is 9.02. The summed E-state index contributed by atoms with van der Waals surface area (Å²) in [6.07, 6.45) is -0.566. The number of nitrogens with one attached hydrogen (secondary N) is 2. The number of methoxy groups -OCH3 is 1. The van der Waals surface area contributed by atoms with Crippen LogP contribution in [0.4, 0.5) is 4.39 Å². The largest absolute Gasteiger partial charge is 0.497 e. The molecule has 0 saturated carbocycles. The van der Waals surface area contributed by atoms with Crippen molar-refractivity contribution in [3.05, 3.63) is 95.3 Å². The van der Waals surface area contributed by atoms with E-state index in [2.05, 4.69) is 10.9 Å². The number of halogens is 1. The van der Waals surface area contributed by atoms with Crippen LogP contribution in [0, 0.1) is 5.82 Å². The van der Waals surface area contributed by atoms with Crippen molar-refractivity contribution < 1.29 is 38.0 Å². The molecule has 1 aliphatic heterocycles. The number of aliphatic hydroxyl groups is 1. The van der Waals surface area contributed by atoms with Gasteiger partial charge in [0.25, 0.3) is 5.91 Å². The molecule has 11 heteroatoms. The molecule has 0 spiro atoms. The van der Waals surface area contributed by atoms with E-state index in [1.165, 1.54) is 12.1 Å². The Kier molecular flexibility index (Phi) is 11.1. The molecule has 0 aromatic heterocycles. The first-order chi connectivity index (χ1) is 21.5. The minimum absolute atomic E-state index is 0.0281. The maximum absolute atomic E-state index is 14.2. The summed E-state index contributed by atoms with van der Waals surface area (Å²) >= 11 is 0. The van der Waals surface area contributed by atoms with Crippen molar-refractivity contribution in [3.8, 4) is 11.5 Å². The fraction of sp³-hybridized carbons (Fsp3) is 0.382. The van der Waals surface area contributed by atoms with Gasteiger partial charge in [0.05, 0.1) is 13.7 Å². The van der Waals surface area contributed by atoms with E-state index < -0.39 is 29.1 Å². The number of rotatable bonds is 14. The third-order valence-corrected chi connectivity index (χ3v) is 6.96. The molecule has 0 unspecified atom stereocenters. The normalized spacial score (nSPS) is 17.6. The molecule has 1 heterocycles. The minimum atomic E-state index is -1.59. The maximum atomic E-state index is 14.2. The summed E-state index contributed by atoms with van der Waals surface area (Å²) < 4.78 is 36.5. The molecule has 45 heavy (non-hydrogen) atoms. The average Bonchev–Trinajstić information content (AvgIpc) is 3.42. The molecule has 1 amide bonds. The van der Waals surface area contributed by atoms with Gasteiger partial charge in [0.1, 0.15) is 22.9 Å². The van der Waals surface area contributed by atoms with Gasteiger partial charge in [-0.2, -0.15) is 0 Å². The number of hydrazine groups is 1. The molecule has 3 aromatic carbocycles. The van der Waals surface area contributed by atoms with Crippen LogP contribution < -0.4 is 20.3 Å². The van der Waals surface area contributed by atoms with E-state index in [1.807, 2.05) is 6.07 Å². The Hall–Kier alpha value is -4.48. The van der Waals surface area contributed by atoms with Crippen molar-refractivity contribution in [2.45, 2.75) is 63.8 Å². The summed E-state index contributed by atoms with van der Waals surface area (Å²) in [6, 6.07) is 20.1. The monoisotopic (exact) mass is 621 g/mol.